The molecule has 0 fully saturated rings. The Balaban J connectivity index is 2.38. The quantitative estimate of drug-likeness (QED) is 0.681. The molecule has 0 bridgehead atoms. The van der Waals surface area contributed by atoms with Crippen molar-refractivity contribution in [3.05, 3.63) is 23.8 Å². The summed E-state index contributed by atoms with van der Waals surface area (Å²) in [5.41, 5.74) is 1.10. The summed E-state index contributed by atoms with van der Waals surface area (Å²) in [6.45, 7) is 4.24. The molecule has 1 aromatic heterocycles. The molecular weight excluding hydrogens is 178 g/mol. The van der Waals surface area contributed by atoms with Crippen LogP contribution in [-0.4, -0.2) is 30.2 Å². The molecule has 0 saturated heterocycles. The summed E-state index contributed by atoms with van der Waals surface area (Å²) in [7, 11) is 1.91. The van der Waals surface area contributed by atoms with Gasteiger partial charge in [0.25, 0.3) is 0 Å². The van der Waals surface area contributed by atoms with Crippen molar-refractivity contribution in [2.75, 3.05) is 20.3 Å². The van der Waals surface area contributed by atoms with Crippen molar-refractivity contribution in [1.82, 2.24) is 15.3 Å². The van der Waals surface area contributed by atoms with Crippen LogP contribution in [0.2, 0.25) is 0 Å². The van der Waals surface area contributed by atoms with Crippen molar-refractivity contribution in [3.63, 3.8) is 0 Å². The Morgan fingerprint density at radius 1 is 1.36 bits per heavy atom. The number of rotatable bonds is 6. The van der Waals surface area contributed by atoms with Gasteiger partial charge in [-0.3, -0.25) is 0 Å². The molecule has 0 aliphatic heterocycles. The molecule has 1 N–H and O–H groups in total. The fraction of sp³-hybridized carbons (Fsp3) is 0.600. The second-order valence-corrected chi connectivity index (χ2v) is 2.98. The monoisotopic (exact) mass is 195 g/mol. The molecule has 0 radical (unpaired) electrons. The summed E-state index contributed by atoms with van der Waals surface area (Å²) in [5, 5.41) is 3.05. The predicted octanol–water partition coefficient (Wildman–Crippen LogP) is 0.775. The van der Waals surface area contributed by atoms with Crippen LogP contribution in [0.25, 0.3) is 0 Å². The number of nitrogens with zero attached hydrogens (tertiary/aromatic N) is 2. The topological polar surface area (TPSA) is 47.0 Å². The van der Waals surface area contributed by atoms with Crippen LogP contribution >= 0.6 is 0 Å². The number of hydrogen-bond acceptors (Lipinski definition) is 4. The first-order valence-electron chi connectivity index (χ1n) is 4.89. The molecule has 0 aliphatic carbocycles. The molecule has 0 aliphatic rings. The van der Waals surface area contributed by atoms with E-state index in [9.17, 15) is 0 Å². The van der Waals surface area contributed by atoms with Crippen LogP contribution in [-0.2, 0) is 17.7 Å². The maximum Gasteiger partial charge on any atom is 0.130 e. The number of hydrogen-bond donors (Lipinski definition) is 1. The fourth-order valence-electron chi connectivity index (χ4n) is 1.11. The van der Waals surface area contributed by atoms with Crippen LogP contribution in [0.4, 0.5) is 0 Å². The minimum absolute atomic E-state index is 0.696. The summed E-state index contributed by atoms with van der Waals surface area (Å²) in [4.78, 5) is 8.48. The van der Waals surface area contributed by atoms with Gasteiger partial charge < -0.3 is 10.1 Å². The Morgan fingerprint density at radius 2 is 2.07 bits per heavy atom. The van der Waals surface area contributed by atoms with Crippen LogP contribution in [0.3, 0.4) is 0 Å². The highest BCUT2D eigenvalue weighted by molar-refractivity contribution is 5.04. The lowest BCUT2D eigenvalue weighted by atomic mass is 10.3. The maximum atomic E-state index is 5.22. The van der Waals surface area contributed by atoms with E-state index in [1.807, 2.05) is 26.4 Å². The van der Waals surface area contributed by atoms with Gasteiger partial charge in [0.05, 0.1) is 6.61 Å². The van der Waals surface area contributed by atoms with Gasteiger partial charge in [-0.05, 0) is 14.0 Å². The first-order valence-corrected chi connectivity index (χ1v) is 4.89. The number of aromatic nitrogens is 2. The van der Waals surface area contributed by atoms with Gasteiger partial charge >= 0.3 is 0 Å². The molecule has 4 heteroatoms. The minimum Gasteiger partial charge on any atom is -0.381 e. The minimum atomic E-state index is 0.696. The highest BCUT2D eigenvalue weighted by Crippen LogP contribution is 1.96. The summed E-state index contributed by atoms with van der Waals surface area (Å²) in [6, 6.07) is 0. The molecule has 0 aromatic carbocycles. The first kappa shape index (κ1) is 11.1. The Bertz CT molecular complexity index is 248. The van der Waals surface area contributed by atoms with E-state index in [2.05, 4.69) is 15.3 Å². The molecule has 4 nitrogen and oxygen atoms in total. The fourth-order valence-corrected chi connectivity index (χ4v) is 1.11. The van der Waals surface area contributed by atoms with E-state index in [-0.39, 0.29) is 0 Å². The average Bonchev–Trinajstić information content (AvgIpc) is 2.21. The third-order valence-electron chi connectivity index (χ3n) is 1.81. The summed E-state index contributed by atoms with van der Waals surface area (Å²) in [6.07, 6.45) is 4.49. The van der Waals surface area contributed by atoms with Crippen molar-refractivity contribution in [1.29, 1.82) is 0 Å². The van der Waals surface area contributed by atoms with Crippen LogP contribution in [0.1, 0.15) is 18.3 Å². The second kappa shape index (κ2) is 6.45. The molecular formula is C10H17N3O. The molecule has 14 heavy (non-hydrogen) atoms. The molecule has 0 amide bonds. The van der Waals surface area contributed by atoms with Crippen molar-refractivity contribution in [3.8, 4) is 0 Å². The molecule has 0 atom stereocenters. The molecule has 1 rings (SSSR count). The molecule has 1 aromatic rings. The zero-order valence-corrected chi connectivity index (χ0v) is 8.79. The van der Waals surface area contributed by atoms with E-state index in [0.29, 0.717) is 6.61 Å². The lowest BCUT2D eigenvalue weighted by Gasteiger charge is -2.02. The van der Waals surface area contributed by atoms with Gasteiger partial charge in [-0.1, -0.05) is 0 Å². The zero-order chi connectivity index (χ0) is 10.2. The van der Waals surface area contributed by atoms with E-state index in [4.69, 9.17) is 4.74 Å². The highest BCUT2D eigenvalue weighted by Gasteiger charge is 1.96. The highest BCUT2D eigenvalue weighted by atomic mass is 16.5. The van der Waals surface area contributed by atoms with Crippen molar-refractivity contribution >= 4 is 0 Å². The normalized spacial score (nSPS) is 10.4. The van der Waals surface area contributed by atoms with E-state index < -0.39 is 0 Å². The number of nitrogens with one attached hydrogen (secondary N) is 1. The summed E-state index contributed by atoms with van der Waals surface area (Å²) in [5.74, 6) is 0.846. The van der Waals surface area contributed by atoms with E-state index >= 15 is 0 Å². The van der Waals surface area contributed by atoms with E-state index in [1.54, 1.807) is 0 Å². The summed E-state index contributed by atoms with van der Waals surface area (Å²) < 4.78 is 5.22. The van der Waals surface area contributed by atoms with Gasteiger partial charge in [0.2, 0.25) is 0 Å². The summed E-state index contributed by atoms with van der Waals surface area (Å²) >= 11 is 0. The average molecular weight is 195 g/mol. The maximum absolute atomic E-state index is 5.22. The Hall–Kier alpha value is -1.00. The van der Waals surface area contributed by atoms with Gasteiger partial charge in [0.1, 0.15) is 5.82 Å². The van der Waals surface area contributed by atoms with Gasteiger partial charge in [-0.25, -0.2) is 9.97 Å². The standard InChI is InChI=1S/C10H17N3O/c1-3-14-5-4-10-12-7-9(6-11-2)8-13-10/h7-8,11H,3-6H2,1-2H3. The van der Waals surface area contributed by atoms with Gasteiger partial charge in [-0.2, -0.15) is 0 Å². The van der Waals surface area contributed by atoms with Crippen LogP contribution in [0, 0.1) is 0 Å². The van der Waals surface area contributed by atoms with Gasteiger partial charge in [0.15, 0.2) is 0 Å². The van der Waals surface area contributed by atoms with E-state index in [0.717, 1.165) is 31.0 Å². The zero-order valence-electron chi connectivity index (χ0n) is 8.79. The van der Waals surface area contributed by atoms with Crippen LogP contribution < -0.4 is 5.32 Å². The third kappa shape index (κ3) is 3.81. The van der Waals surface area contributed by atoms with Gasteiger partial charge in [-0.15, -0.1) is 0 Å². The largest absolute Gasteiger partial charge is 0.381 e. The Kier molecular flexibility index (Phi) is 5.11. The van der Waals surface area contributed by atoms with Crippen molar-refractivity contribution < 1.29 is 4.74 Å². The Labute approximate surface area is 84.7 Å². The molecule has 0 spiro atoms. The van der Waals surface area contributed by atoms with Crippen LogP contribution in [0.15, 0.2) is 12.4 Å². The van der Waals surface area contributed by atoms with Gasteiger partial charge in [0, 0.05) is 37.5 Å². The lowest BCUT2D eigenvalue weighted by Crippen LogP contribution is -2.08. The Morgan fingerprint density at radius 3 is 2.64 bits per heavy atom. The van der Waals surface area contributed by atoms with Crippen molar-refractivity contribution in [2.45, 2.75) is 19.9 Å². The predicted molar refractivity (Wildman–Crippen MR) is 55.0 cm³/mol. The van der Waals surface area contributed by atoms with Crippen molar-refractivity contribution in [2.24, 2.45) is 0 Å². The molecule has 1 heterocycles. The number of ether oxygens (including phenoxy) is 1. The SMILES string of the molecule is CCOCCc1ncc(CNC)cn1. The lowest BCUT2D eigenvalue weighted by molar-refractivity contribution is 0.149. The van der Waals surface area contributed by atoms with Crippen LogP contribution in [0.5, 0.6) is 0 Å². The third-order valence-corrected chi connectivity index (χ3v) is 1.81. The smallest absolute Gasteiger partial charge is 0.130 e. The van der Waals surface area contributed by atoms with E-state index in [1.165, 1.54) is 0 Å². The molecule has 78 valence electrons. The first-order chi connectivity index (χ1) is 6.86. The molecule has 0 saturated carbocycles. The molecule has 0 unspecified atom stereocenters. The second-order valence-electron chi connectivity index (χ2n) is 2.98.